The van der Waals surface area contributed by atoms with Gasteiger partial charge in [0.2, 0.25) is 5.75 Å². The van der Waals surface area contributed by atoms with Crippen LogP contribution >= 0.6 is 0 Å². The Labute approximate surface area is 108 Å². The summed E-state index contributed by atoms with van der Waals surface area (Å²) in [6, 6.07) is 4.02. The summed E-state index contributed by atoms with van der Waals surface area (Å²) in [6.07, 6.45) is 3.39. The molecule has 18 heavy (non-hydrogen) atoms. The van der Waals surface area contributed by atoms with Crippen molar-refractivity contribution in [2.24, 2.45) is 11.1 Å². The van der Waals surface area contributed by atoms with Gasteiger partial charge in [-0.25, -0.2) is 0 Å². The molecule has 0 amide bonds. The van der Waals surface area contributed by atoms with Gasteiger partial charge in [0.25, 0.3) is 0 Å². The lowest BCUT2D eigenvalue weighted by Crippen LogP contribution is -2.18. The van der Waals surface area contributed by atoms with Crippen LogP contribution in [0.4, 0.5) is 0 Å². The lowest BCUT2D eigenvalue weighted by atomic mass is 9.96. The first kappa shape index (κ1) is 13.0. The van der Waals surface area contributed by atoms with Crippen LogP contribution in [0.15, 0.2) is 12.1 Å². The van der Waals surface area contributed by atoms with Crippen LogP contribution in [0.25, 0.3) is 0 Å². The number of benzene rings is 1. The molecule has 0 heterocycles. The van der Waals surface area contributed by atoms with Gasteiger partial charge >= 0.3 is 0 Å². The van der Waals surface area contributed by atoms with E-state index in [9.17, 15) is 0 Å². The molecule has 1 aromatic carbocycles. The van der Waals surface area contributed by atoms with Crippen molar-refractivity contribution in [3.8, 4) is 17.2 Å². The van der Waals surface area contributed by atoms with Gasteiger partial charge < -0.3 is 19.9 Å². The highest BCUT2D eigenvalue weighted by Gasteiger charge is 2.41. The van der Waals surface area contributed by atoms with E-state index < -0.39 is 0 Å². The summed E-state index contributed by atoms with van der Waals surface area (Å²) in [5.74, 6) is 2.06. The molecule has 0 atom stereocenters. The fourth-order valence-corrected chi connectivity index (χ4v) is 2.30. The Hall–Kier alpha value is -1.42. The molecule has 0 bridgehead atoms. The van der Waals surface area contributed by atoms with Gasteiger partial charge in [-0.05, 0) is 48.9 Å². The Morgan fingerprint density at radius 1 is 1.06 bits per heavy atom. The minimum absolute atomic E-state index is 0.296. The van der Waals surface area contributed by atoms with Gasteiger partial charge in [0.1, 0.15) is 0 Å². The van der Waals surface area contributed by atoms with Gasteiger partial charge in [-0.15, -0.1) is 0 Å². The van der Waals surface area contributed by atoms with Crippen molar-refractivity contribution in [3.05, 3.63) is 17.7 Å². The van der Waals surface area contributed by atoms with Crippen LogP contribution in [0.3, 0.4) is 0 Å². The molecule has 1 aliphatic carbocycles. The van der Waals surface area contributed by atoms with E-state index in [4.69, 9.17) is 19.9 Å². The first-order valence-electron chi connectivity index (χ1n) is 6.17. The van der Waals surface area contributed by atoms with E-state index >= 15 is 0 Å². The summed E-state index contributed by atoms with van der Waals surface area (Å²) in [7, 11) is 4.89. The molecule has 0 radical (unpaired) electrons. The maximum atomic E-state index is 5.83. The number of ether oxygens (including phenoxy) is 3. The number of nitrogens with two attached hydrogens (primary N) is 1. The van der Waals surface area contributed by atoms with Crippen LogP contribution in [0.1, 0.15) is 18.4 Å². The smallest absolute Gasteiger partial charge is 0.203 e. The number of hydrogen-bond acceptors (Lipinski definition) is 4. The van der Waals surface area contributed by atoms with Crippen molar-refractivity contribution < 1.29 is 14.2 Å². The Bertz CT molecular complexity index is 402. The Morgan fingerprint density at radius 2 is 1.61 bits per heavy atom. The third kappa shape index (κ3) is 2.38. The number of hydrogen-bond donors (Lipinski definition) is 1. The standard InChI is InChI=1S/C14H21NO3/c1-16-11-6-10(8-14(9-15)4-5-14)7-12(17-2)13(11)18-3/h6-7H,4-5,8-9,15H2,1-3H3. The molecular weight excluding hydrogens is 230 g/mol. The normalized spacial score (nSPS) is 16.2. The highest BCUT2D eigenvalue weighted by molar-refractivity contribution is 5.54. The number of rotatable bonds is 6. The first-order chi connectivity index (χ1) is 8.68. The molecule has 2 N–H and O–H groups in total. The van der Waals surface area contributed by atoms with Crippen molar-refractivity contribution >= 4 is 0 Å². The summed E-state index contributed by atoms with van der Waals surface area (Å²) in [4.78, 5) is 0. The van der Waals surface area contributed by atoms with E-state index in [2.05, 4.69) is 0 Å². The molecule has 1 aliphatic rings. The van der Waals surface area contributed by atoms with Crippen LogP contribution in [0.5, 0.6) is 17.2 Å². The molecule has 0 aromatic heterocycles. The second-order valence-electron chi connectivity index (χ2n) is 4.91. The summed E-state index contributed by atoms with van der Waals surface area (Å²) in [5, 5.41) is 0. The Kier molecular flexibility index (Phi) is 3.66. The largest absolute Gasteiger partial charge is 0.493 e. The SMILES string of the molecule is COc1cc(CC2(CN)CC2)cc(OC)c1OC. The van der Waals surface area contributed by atoms with Crippen LogP contribution < -0.4 is 19.9 Å². The molecule has 2 rings (SSSR count). The van der Waals surface area contributed by atoms with Crippen LogP contribution in [-0.2, 0) is 6.42 Å². The van der Waals surface area contributed by atoms with Crippen LogP contribution in [-0.4, -0.2) is 27.9 Å². The van der Waals surface area contributed by atoms with Crippen molar-refractivity contribution in [1.82, 2.24) is 0 Å². The van der Waals surface area contributed by atoms with Crippen molar-refractivity contribution in [1.29, 1.82) is 0 Å². The van der Waals surface area contributed by atoms with E-state index in [0.717, 1.165) is 13.0 Å². The molecule has 1 aromatic rings. The van der Waals surface area contributed by atoms with Gasteiger partial charge in [0.05, 0.1) is 21.3 Å². The van der Waals surface area contributed by atoms with Gasteiger partial charge in [0, 0.05) is 0 Å². The van der Waals surface area contributed by atoms with Crippen LogP contribution in [0, 0.1) is 5.41 Å². The molecule has 0 spiro atoms. The molecule has 4 heteroatoms. The van der Waals surface area contributed by atoms with E-state index in [1.807, 2.05) is 12.1 Å². The topological polar surface area (TPSA) is 53.7 Å². The van der Waals surface area contributed by atoms with E-state index in [0.29, 0.717) is 22.7 Å². The zero-order valence-corrected chi connectivity index (χ0v) is 11.3. The van der Waals surface area contributed by atoms with Crippen LogP contribution in [0.2, 0.25) is 0 Å². The summed E-state index contributed by atoms with van der Waals surface area (Å²) in [5.41, 5.74) is 7.31. The third-order valence-corrected chi connectivity index (χ3v) is 3.69. The quantitative estimate of drug-likeness (QED) is 0.840. The molecular formula is C14H21NO3. The zero-order valence-electron chi connectivity index (χ0n) is 11.3. The zero-order chi connectivity index (χ0) is 13.2. The van der Waals surface area contributed by atoms with E-state index in [1.54, 1.807) is 21.3 Å². The van der Waals surface area contributed by atoms with Crippen molar-refractivity contribution in [3.63, 3.8) is 0 Å². The molecule has 100 valence electrons. The molecule has 4 nitrogen and oxygen atoms in total. The second-order valence-corrected chi connectivity index (χ2v) is 4.91. The molecule has 1 saturated carbocycles. The predicted octanol–water partition coefficient (Wildman–Crippen LogP) is 1.99. The van der Waals surface area contributed by atoms with Gasteiger partial charge in [0.15, 0.2) is 11.5 Å². The van der Waals surface area contributed by atoms with Gasteiger partial charge in [-0.1, -0.05) is 0 Å². The maximum Gasteiger partial charge on any atom is 0.203 e. The molecule has 0 aliphatic heterocycles. The maximum absolute atomic E-state index is 5.83. The Balaban J connectivity index is 2.31. The molecule has 1 fully saturated rings. The highest BCUT2D eigenvalue weighted by atomic mass is 16.5. The first-order valence-corrected chi connectivity index (χ1v) is 6.17. The average Bonchev–Trinajstić information content (AvgIpc) is 3.17. The summed E-state index contributed by atoms with van der Waals surface area (Å²) >= 11 is 0. The molecule has 0 unspecified atom stereocenters. The van der Waals surface area contributed by atoms with Gasteiger partial charge in [-0.3, -0.25) is 0 Å². The third-order valence-electron chi connectivity index (χ3n) is 3.69. The molecule has 0 saturated heterocycles. The van der Waals surface area contributed by atoms with Crippen molar-refractivity contribution in [2.45, 2.75) is 19.3 Å². The minimum atomic E-state index is 0.296. The minimum Gasteiger partial charge on any atom is -0.493 e. The fraction of sp³-hybridized carbons (Fsp3) is 0.571. The van der Waals surface area contributed by atoms with Gasteiger partial charge in [-0.2, -0.15) is 0 Å². The predicted molar refractivity (Wildman–Crippen MR) is 70.5 cm³/mol. The van der Waals surface area contributed by atoms with E-state index in [-0.39, 0.29) is 0 Å². The lowest BCUT2D eigenvalue weighted by molar-refractivity contribution is 0.323. The average molecular weight is 251 g/mol. The second kappa shape index (κ2) is 5.06. The number of methoxy groups -OCH3 is 3. The van der Waals surface area contributed by atoms with Crippen molar-refractivity contribution in [2.75, 3.05) is 27.9 Å². The lowest BCUT2D eigenvalue weighted by Gasteiger charge is -2.17. The summed E-state index contributed by atoms with van der Waals surface area (Å²) < 4.78 is 16.0. The summed E-state index contributed by atoms with van der Waals surface area (Å²) in [6.45, 7) is 0.740. The fourth-order valence-electron chi connectivity index (χ4n) is 2.30. The highest BCUT2D eigenvalue weighted by Crippen LogP contribution is 2.49. The monoisotopic (exact) mass is 251 g/mol. The van der Waals surface area contributed by atoms with E-state index in [1.165, 1.54) is 18.4 Å². The Morgan fingerprint density at radius 3 is 1.94 bits per heavy atom.